The number of pyridine rings is 3. The molecule has 0 saturated carbocycles. The first-order chi connectivity index (χ1) is 11.4. The molecule has 0 N–H and O–H groups in total. The van der Waals surface area contributed by atoms with Crippen molar-refractivity contribution in [2.75, 3.05) is 0 Å². The first-order valence-corrected chi connectivity index (χ1v) is 7.38. The average molecular weight is 297 g/mol. The van der Waals surface area contributed by atoms with Gasteiger partial charge in [0.15, 0.2) is 5.58 Å². The van der Waals surface area contributed by atoms with Gasteiger partial charge in [-0.05, 0) is 30.3 Å². The largest absolute Gasteiger partial charge is 0.454 e. The predicted octanol–water partition coefficient (Wildman–Crippen LogP) is 4.59. The minimum Gasteiger partial charge on any atom is -0.454 e. The van der Waals surface area contributed by atoms with Crippen LogP contribution in [-0.4, -0.2) is 15.0 Å². The molecule has 4 heteroatoms. The summed E-state index contributed by atoms with van der Waals surface area (Å²) in [6.45, 7) is 0. The maximum Gasteiger partial charge on any atom is 0.153 e. The summed E-state index contributed by atoms with van der Waals surface area (Å²) in [6, 6.07) is 17.9. The van der Waals surface area contributed by atoms with Gasteiger partial charge in [0, 0.05) is 17.8 Å². The number of benzene rings is 1. The van der Waals surface area contributed by atoms with E-state index in [2.05, 4.69) is 17.1 Å². The second-order valence-electron chi connectivity index (χ2n) is 5.41. The molecule has 0 unspecified atom stereocenters. The van der Waals surface area contributed by atoms with E-state index in [1.165, 1.54) is 0 Å². The Morgan fingerprint density at radius 2 is 1.61 bits per heavy atom. The number of aromatic nitrogens is 3. The van der Waals surface area contributed by atoms with E-state index in [0.29, 0.717) is 0 Å². The summed E-state index contributed by atoms with van der Waals surface area (Å²) in [5, 5.41) is 2.04. The van der Waals surface area contributed by atoms with E-state index in [0.717, 1.165) is 44.4 Å². The molecule has 0 radical (unpaired) electrons. The Hall–Kier alpha value is -3.27. The van der Waals surface area contributed by atoms with E-state index >= 15 is 0 Å². The van der Waals surface area contributed by atoms with Gasteiger partial charge in [-0.1, -0.05) is 24.3 Å². The maximum atomic E-state index is 5.79. The summed E-state index contributed by atoms with van der Waals surface area (Å²) < 4.78 is 5.79. The van der Waals surface area contributed by atoms with Crippen LogP contribution in [0.25, 0.3) is 44.4 Å². The van der Waals surface area contributed by atoms with Gasteiger partial charge in [0.1, 0.15) is 11.1 Å². The Labute approximate surface area is 131 Å². The van der Waals surface area contributed by atoms with Crippen molar-refractivity contribution in [2.24, 2.45) is 0 Å². The monoisotopic (exact) mass is 297 g/mol. The molecule has 5 aromatic rings. The number of hydrogen-bond acceptors (Lipinski definition) is 4. The molecule has 0 aliphatic rings. The third-order valence-electron chi connectivity index (χ3n) is 3.98. The van der Waals surface area contributed by atoms with E-state index < -0.39 is 0 Å². The van der Waals surface area contributed by atoms with Crippen molar-refractivity contribution in [1.29, 1.82) is 0 Å². The van der Waals surface area contributed by atoms with Crippen molar-refractivity contribution in [2.45, 2.75) is 0 Å². The van der Waals surface area contributed by atoms with Crippen LogP contribution in [0.4, 0.5) is 0 Å². The average Bonchev–Trinajstić information content (AvgIpc) is 2.99. The normalized spacial score (nSPS) is 11.5. The number of rotatable bonds is 1. The van der Waals surface area contributed by atoms with E-state index in [-0.39, 0.29) is 0 Å². The van der Waals surface area contributed by atoms with Crippen molar-refractivity contribution in [1.82, 2.24) is 15.0 Å². The molecule has 5 rings (SSSR count). The van der Waals surface area contributed by atoms with Gasteiger partial charge in [0.25, 0.3) is 0 Å². The van der Waals surface area contributed by atoms with Gasteiger partial charge in [0.05, 0.1) is 22.3 Å². The fourth-order valence-electron chi connectivity index (χ4n) is 2.84. The molecule has 4 heterocycles. The molecule has 4 nitrogen and oxygen atoms in total. The Balaban J connectivity index is 1.76. The predicted molar refractivity (Wildman–Crippen MR) is 90.0 cm³/mol. The van der Waals surface area contributed by atoms with Gasteiger partial charge in [-0.3, -0.25) is 4.98 Å². The highest BCUT2D eigenvalue weighted by molar-refractivity contribution is 6.02. The number of fused-ring (bicyclic) bond motifs is 4. The smallest absolute Gasteiger partial charge is 0.153 e. The Kier molecular flexibility index (Phi) is 2.46. The molecule has 0 fully saturated rings. The van der Waals surface area contributed by atoms with Crippen LogP contribution >= 0.6 is 0 Å². The fourth-order valence-corrected chi connectivity index (χ4v) is 2.84. The minimum atomic E-state index is 0.762. The van der Waals surface area contributed by atoms with E-state index in [9.17, 15) is 0 Å². The van der Waals surface area contributed by atoms with E-state index in [4.69, 9.17) is 14.4 Å². The van der Waals surface area contributed by atoms with Crippen LogP contribution < -0.4 is 0 Å². The first kappa shape index (κ1) is 12.3. The molecular weight excluding hydrogens is 286 g/mol. The van der Waals surface area contributed by atoms with Gasteiger partial charge >= 0.3 is 0 Å². The standard InChI is InChI=1S/C19H11N3O/c1-2-4-14-12(3-1)5-6-15(21-14)16-7-8-18-19(22-16)13-11-20-10-9-17(13)23-18/h1-11H. The Morgan fingerprint density at radius 3 is 2.61 bits per heavy atom. The minimum absolute atomic E-state index is 0.762. The van der Waals surface area contributed by atoms with Crippen LogP contribution in [-0.2, 0) is 0 Å². The summed E-state index contributed by atoms with van der Waals surface area (Å²) in [5.41, 5.74) is 5.02. The van der Waals surface area contributed by atoms with Crippen molar-refractivity contribution in [3.63, 3.8) is 0 Å². The van der Waals surface area contributed by atoms with Crippen molar-refractivity contribution in [3.05, 3.63) is 67.0 Å². The van der Waals surface area contributed by atoms with E-state index in [1.54, 1.807) is 12.4 Å². The lowest BCUT2D eigenvalue weighted by atomic mass is 10.1. The highest BCUT2D eigenvalue weighted by Crippen LogP contribution is 2.29. The zero-order valence-electron chi connectivity index (χ0n) is 12.1. The SMILES string of the molecule is c1ccc2nc(-c3ccc4oc5ccncc5c4n3)ccc2c1. The molecule has 0 bridgehead atoms. The molecular formula is C19H11N3O. The Morgan fingerprint density at radius 1 is 0.739 bits per heavy atom. The van der Waals surface area contributed by atoms with Crippen molar-refractivity contribution in [3.8, 4) is 11.4 Å². The number of para-hydroxylation sites is 1. The summed E-state index contributed by atoms with van der Waals surface area (Å²) >= 11 is 0. The second kappa shape index (κ2) is 4.61. The molecule has 23 heavy (non-hydrogen) atoms. The van der Waals surface area contributed by atoms with Gasteiger partial charge in [-0.2, -0.15) is 0 Å². The van der Waals surface area contributed by atoms with Crippen LogP contribution in [0, 0.1) is 0 Å². The first-order valence-electron chi connectivity index (χ1n) is 7.38. The number of nitrogens with zero attached hydrogens (tertiary/aromatic N) is 3. The van der Waals surface area contributed by atoms with Gasteiger partial charge in [-0.25, -0.2) is 9.97 Å². The number of hydrogen-bond donors (Lipinski definition) is 0. The van der Waals surface area contributed by atoms with Crippen LogP contribution in [0.3, 0.4) is 0 Å². The molecule has 0 saturated heterocycles. The number of furan rings is 1. The second-order valence-corrected chi connectivity index (χ2v) is 5.41. The molecule has 0 aliphatic carbocycles. The lowest BCUT2D eigenvalue weighted by Gasteiger charge is -2.02. The third-order valence-corrected chi connectivity index (χ3v) is 3.98. The van der Waals surface area contributed by atoms with Gasteiger partial charge in [0.2, 0.25) is 0 Å². The maximum absolute atomic E-state index is 5.79. The fraction of sp³-hybridized carbons (Fsp3) is 0. The molecule has 1 aromatic carbocycles. The van der Waals surface area contributed by atoms with Crippen LogP contribution in [0.15, 0.2) is 71.4 Å². The quantitative estimate of drug-likeness (QED) is 0.454. The van der Waals surface area contributed by atoms with Crippen LogP contribution in [0.2, 0.25) is 0 Å². The Bertz CT molecular complexity index is 1180. The van der Waals surface area contributed by atoms with Crippen LogP contribution in [0.1, 0.15) is 0 Å². The topological polar surface area (TPSA) is 51.8 Å². The molecule has 0 aliphatic heterocycles. The van der Waals surface area contributed by atoms with E-state index in [1.807, 2.05) is 42.5 Å². The third kappa shape index (κ3) is 1.89. The molecule has 0 spiro atoms. The molecule has 108 valence electrons. The van der Waals surface area contributed by atoms with Crippen molar-refractivity contribution < 1.29 is 4.42 Å². The van der Waals surface area contributed by atoms with Gasteiger partial charge < -0.3 is 4.42 Å². The lowest BCUT2D eigenvalue weighted by Crippen LogP contribution is -1.88. The summed E-state index contributed by atoms with van der Waals surface area (Å²) in [4.78, 5) is 13.6. The molecule has 0 atom stereocenters. The van der Waals surface area contributed by atoms with Crippen LogP contribution in [0.5, 0.6) is 0 Å². The summed E-state index contributed by atoms with van der Waals surface area (Å²) in [7, 11) is 0. The lowest BCUT2D eigenvalue weighted by molar-refractivity contribution is 0.667. The zero-order valence-corrected chi connectivity index (χ0v) is 12.1. The summed E-state index contributed by atoms with van der Waals surface area (Å²) in [5.74, 6) is 0. The zero-order chi connectivity index (χ0) is 15.2. The molecule has 0 amide bonds. The highest BCUT2D eigenvalue weighted by Gasteiger charge is 2.10. The summed E-state index contributed by atoms with van der Waals surface area (Å²) in [6.07, 6.45) is 3.50. The molecule has 4 aromatic heterocycles. The van der Waals surface area contributed by atoms with Gasteiger partial charge in [-0.15, -0.1) is 0 Å². The highest BCUT2D eigenvalue weighted by atomic mass is 16.3. The van der Waals surface area contributed by atoms with Crippen molar-refractivity contribution >= 4 is 33.0 Å².